The number of anilines is 2. The summed E-state index contributed by atoms with van der Waals surface area (Å²) in [4.78, 5) is 2.17. The molecule has 2 aromatic carbocycles. The van der Waals surface area contributed by atoms with Crippen molar-refractivity contribution in [1.29, 1.82) is 0 Å². The van der Waals surface area contributed by atoms with E-state index < -0.39 is 0 Å². The van der Waals surface area contributed by atoms with Crippen molar-refractivity contribution in [2.24, 2.45) is 0 Å². The third-order valence-corrected chi connectivity index (χ3v) is 5.12. The summed E-state index contributed by atoms with van der Waals surface area (Å²) < 4.78 is 7.79. The first-order valence-electron chi connectivity index (χ1n) is 8.26. The number of nitrogens with one attached hydrogen (secondary N) is 1. The second kappa shape index (κ2) is 8.44. The molecule has 0 atom stereocenters. The van der Waals surface area contributed by atoms with E-state index in [1.165, 1.54) is 22.5 Å². The van der Waals surface area contributed by atoms with Gasteiger partial charge in [-0.25, -0.2) is 4.68 Å². The maximum absolute atomic E-state index is 5.46. The summed E-state index contributed by atoms with van der Waals surface area (Å²) in [6.07, 6.45) is 0. The van der Waals surface area contributed by atoms with Crippen LogP contribution in [0.4, 0.5) is 10.8 Å². The normalized spacial score (nSPS) is 10.9. The average molecular weight is 387 g/mol. The summed E-state index contributed by atoms with van der Waals surface area (Å²) in [6, 6.07) is 16.3. The fraction of sp³-hybridized carbons (Fsp3) is 0.263. The Morgan fingerprint density at radius 1 is 1.15 bits per heavy atom. The van der Waals surface area contributed by atoms with Gasteiger partial charge < -0.3 is 10.1 Å². The quantitative estimate of drug-likeness (QED) is 0.590. The molecule has 1 aromatic heterocycles. The Labute approximate surface area is 162 Å². The number of nitrogens with zero attached hydrogens (tertiary/aromatic N) is 3. The topological polar surface area (TPSA) is 42.3 Å². The zero-order valence-electron chi connectivity index (χ0n) is 15.1. The molecule has 26 heavy (non-hydrogen) atoms. The van der Waals surface area contributed by atoms with E-state index in [-0.39, 0.29) is 0 Å². The van der Waals surface area contributed by atoms with E-state index in [1.54, 1.807) is 7.11 Å². The minimum atomic E-state index is 0.636. The Bertz CT molecular complexity index is 901. The number of benzene rings is 2. The highest BCUT2D eigenvalue weighted by molar-refractivity contribution is 7.73. The molecule has 7 heteroatoms. The van der Waals surface area contributed by atoms with Crippen molar-refractivity contribution in [3.8, 4) is 5.75 Å². The number of aromatic nitrogens is 2. The maximum Gasteiger partial charge on any atom is 0.209 e. The highest BCUT2D eigenvalue weighted by Crippen LogP contribution is 2.21. The van der Waals surface area contributed by atoms with E-state index >= 15 is 0 Å². The Morgan fingerprint density at radius 2 is 1.85 bits per heavy atom. The Morgan fingerprint density at radius 3 is 2.50 bits per heavy atom. The molecule has 0 spiro atoms. The van der Waals surface area contributed by atoms with Crippen LogP contribution in [0.15, 0.2) is 48.5 Å². The number of hydrogen-bond acceptors (Lipinski definition) is 6. The van der Waals surface area contributed by atoms with Crippen molar-refractivity contribution in [2.45, 2.75) is 20.1 Å². The Hall–Kier alpha value is -2.22. The van der Waals surface area contributed by atoms with Crippen LogP contribution in [0, 0.1) is 10.9 Å². The third kappa shape index (κ3) is 4.91. The Kier molecular flexibility index (Phi) is 6.03. The van der Waals surface area contributed by atoms with Gasteiger partial charge in [0.1, 0.15) is 5.75 Å². The Balaban J connectivity index is 1.62. The minimum Gasteiger partial charge on any atom is -0.497 e. The van der Waals surface area contributed by atoms with Gasteiger partial charge in [0.05, 0.1) is 13.8 Å². The van der Waals surface area contributed by atoms with E-state index in [2.05, 4.69) is 53.6 Å². The van der Waals surface area contributed by atoms with Gasteiger partial charge in [-0.05, 0) is 56.0 Å². The van der Waals surface area contributed by atoms with Crippen LogP contribution < -0.4 is 10.1 Å². The van der Waals surface area contributed by atoms with Crippen LogP contribution in [0.25, 0.3) is 0 Å². The lowest BCUT2D eigenvalue weighted by atomic mass is 10.2. The molecule has 1 heterocycles. The molecule has 0 unspecified atom stereocenters. The van der Waals surface area contributed by atoms with E-state index in [9.17, 15) is 0 Å². The maximum atomic E-state index is 5.46. The molecule has 1 N–H and O–H groups in total. The van der Waals surface area contributed by atoms with Crippen LogP contribution >= 0.6 is 23.6 Å². The van der Waals surface area contributed by atoms with Crippen molar-refractivity contribution in [1.82, 2.24) is 14.7 Å². The van der Waals surface area contributed by atoms with Gasteiger partial charge in [-0.1, -0.05) is 41.2 Å². The van der Waals surface area contributed by atoms with E-state index in [1.807, 2.05) is 28.9 Å². The molecule has 3 aromatic rings. The second-order valence-electron chi connectivity index (χ2n) is 6.17. The highest BCUT2D eigenvalue weighted by atomic mass is 32.1. The van der Waals surface area contributed by atoms with Crippen LogP contribution in [-0.4, -0.2) is 28.8 Å². The van der Waals surface area contributed by atoms with Crippen molar-refractivity contribution >= 4 is 34.4 Å². The fourth-order valence-electron chi connectivity index (χ4n) is 2.53. The van der Waals surface area contributed by atoms with Crippen molar-refractivity contribution in [3.05, 3.63) is 63.6 Å². The van der Waals surface area contributed by atoms with E-state index in [0.717, 1.165) is 27.1 Å². The summed E-state index contributed by atoms with van der Waals surface area (Å²) in [6.45, 7) is 3.52. The van der Waals surface area contributed by atoms with Gasteiger partial charge in [0.15, 0.2) is 3.95 Å². The van der Waals surface area contributed by atoms with Gasteiger partial charge in [0, 0.05) is 12.2 Å². The van der Waals surface area contributed by atoms with Crippen molar-refractivity contribution in [2.75, 3.05) is 19.5 Å². The van der Waals surface area contributed by atoms with Gasteiger partial charge in [-0.3, -0.25) is 4.90 Å². The molecule has 0 aliphatic rings. The molecular formula is C19H22N4OS2. The largest absolute Gasteiger partial charge is 0.497 e. The average Bonchev–Trinajstić information content (AvgIpc) is 2.96. The fourth-order valence-corrected chi connectivity index (χ4v) is 3.54. The lowest BCUT2D eigenvalue weighted by molar-refractivity contribution is 0.245. The molecule has 0 radical (unpaired) electrons. The van der Waals surface area contributed by atoms with Gasteiger partial charge in [0.2, 0.25) is 5.13 Å². The van der Waals surface area contributed by atoms with Crippen LogP contribution in [0.1, 0.15) is 11.1 Å². The molecular weight excluding hydrogens is 364 g/mol. The van der Waals surface area contributed by atoms with Crippen LogP contribution in [0.5, 0.6) is 5.75 Å². The second-order valence-corrected chi connectivity index (χ2v) is 7.79. The molecule has 136 valence electrons. The predicted octanol–water partition coefficient (Wildman–Crippen LogP) is 4.82. The minimum absolute atomic E-state index is 0.636. The smallest absolute Gasteiger partial charge is 0.209 e. The van der Waals surface area contributed by atoms with Crippen molar-refractivity contribution < 1.29 is 4.74 Å². The summed E-state index contributed by atoms with van der Waals surface area (Å²) in [5.74, 6) is 0.866. The molecule has 5 nitrogen and oxygen atoms in total. The molecule has 0 saturated heterocycles. The van der Waals surface area contributed by atoms with Crippen molar-refractivity contribution in [3.63, 3.8) is 0 Å². The van der Waals surface area contributed by atoms with Crippen LogP contribution in [0.2, 0.25) is 0 Å². The molecule has 0 fully saturated rings. The highest BCUT2D eigenvalue weighted by Gasteiger charge is 2.07. The summed E-state index contributed by atoms with van der Waals surface area (Å²) in [5, 5.41) is 8.71. The van der Waals surface area contributed by atoms with Gasteiger partial charge in [-0.15, -0.1) is 5.10 Å². The first-order valence-corrected chi connectivity index (χ1v) is 9.49. The first kappa shape index (κ1) is 18.6. The first-order chi connectivity index (χ1) is 12.5. The monoisotopic (exact) mass is 386 g/mol. The molecule has 0 amide bonds. The van der Waals surface area contributed by atoms with E-state index in [4.69, 9.17) is 17.0 Å². The van der Waals surface area contributed by atoms with Gasteiger partial charge in [-0.2, -0.15) is 0 Å². The molecule has 3 rings (SSSR count). The summed E-state index contributed by atoms with van der Waals surface area (Å²) in [7, 11) is 3.73. The third-order valence-electron chi connectivity index (χ3n) is 3.90. The zero-order chi connectivity index (χ0) is 18.5. The predicted molar refractivity (Wildman–Crippen MR) is 110 cm³/mol. The number of methoxy groups -OCH3 is 1. The lowest BCUT2D eigenvalue weighted by Crippen LogP contribution is -2.22. The molecule has 0 bridgehead atoms. The summed E-state index contributed by atoms with van der Waals surface area (Å²) in [5.41, 5.74) is 3.46. The van der Waals surface area contributed by atoms with Crippen LogP contribution in [-0.2, 0) is 13.2 Å². The van der Waals surface area contributed by atoms with E-state index in [0.29, 0.717) is 6.67 Å². The zero-order valence-corrected chi connectivity index (χ0v) is 16.7. The summed E-state index contributed by atoms with van der Waals surface area (Å²) >= 11 is 6.94. The standard InChI is InChI=1S/C19H22N4OS2/c1-14-4-8-16(9-5-14)20-18-21-23(19(25)26-18)13-22(2)12-15-6-10-17(24-3)11-7-15/h4-11H,12-13H2,1-3H3,(H,20,21). The van der Waals surface area contributed by atoms with Gasteiger partial charge >= 0.3 is 0 Å². The molecule has 0 aliphatic heterocycles. The van der Waals surface area contributed by atoms with Crippen LogP contribution in [0.3, 0.4) is 0 Å². The number of hydrogen-bond donors (Lipinski definition) is 1. The number of rotatable bonds is 7. The van der Waals surface area contributed by atoms with Gasteiger partial charge in [0.25, 0.3) is 0 Å². The lowest BCUT2D eigenvalue weighted by Gasteiger charge is -2.16. The molecule has 0 aliphatic carbocycles. The number of ether oxygens (including phenoxy) is 1. The molecule has 0 saturated carbocycles. The SMILES string of the molecule is COc1ccc(CN(C)Cn2nc(Nc3ccc(C)cc3)sc2=S)cc1. The number of aryl methyl sites for hydroxylation is 1.